The smallest absolute Gasteiger partial charge is 0.167 e. The fraction of sp³-hybridized carbons (Fsp3) is 0.500. The number of H-pyrrole nitrogens is 1. The Bertz CT molecular complexity index is 585. The summed E-state index contributed by atoms with van der Waals surface area (Å²) in [5, 5.41) is 0. The first-order chi connectivity index (χ1) is 12.9. The third kappa shape index (κ3) is 4.70. The number of rotatable bonds is 5. The van der Waals surface area contributed by atoms with Gasteiger partial charge in [-0.2, -0.15) is 0 Å². The minimum atomic E-state index is 0.905. The number of quaternary nitrogens is 3. The fourth-order valence-corrected chi connectivity index (χ4v) is 4.83. The van der Waals surface area contributed by atoms with E-state index in [-0.39, 0.29) is 0 Å². The Morgan fingerprint density at radius 3 is 1.92 bits per heavy atom. The summed E-state index contributed by atoms with van der Waals surface area (Å²) in [5.74, 6) is 0. The highest BCUT2D eigenvalue weighted by Gasteiger charge is 2.33. The summed E-state index contributed by atoms with van der Waals surface area (Å²) in [7, 11) is 0. The molecule has 26 heavy (non-hydrogen) atoms. The zero-order chi connectivity index (χ0) is 17.6. The molecule has 0 radical (unpaired) electrons. The largest absolute Gasteiger partial charge is 0.331 e. The molecule has 0 unspecified atom stereocenters. The van der Waals surface area contributed by atoms with Crippen molar-refractivity contribution in [3.05, 3.63) is 66.0 Å². The molecule has 0 amide bonds. The number of aromatic amines is 1. The lowest BCUT2D eigenvalue weighted by atomic mass is 10.0. The van der Waals surface area contributed by atoms with Gasteiger partial charge in [0.1, 0.15) is 39.3 Å². The maximum atomic E-state index is 3.12. The van der Waals surface area contributed by atoms with Gasteiger partial charge in [-0.05, 0) is 0 Å². The first kappa shape index (κ1) is 17.7. The van der Waals surface area contributed by atoms with Crippen LogP contribution in [0.5, 0.6) is 0 Å². The number of benzene rings is 1. The van der Waals surface area contributed by atoms with Crippen molar-refractivity contribution in [3.8, 4) is 0 Å². The summed E-state index contributed by atoms with van der Waals surface area (Å²) in [6.45, 7) is 10.4. The van der Waals surface area contributed by atoms with E-state index in [0.29, 0.717) is 0 Å². The Labute approximate surface area is 157 Å². The van der Waals surface area contributed by atoms with Crippen LogP contribution >= 0.6 is 0 Å². The van der Waals surface area contributed by atoms with Gasteiger partial charge in [0.05, 0.1) is 19.1 Å². The molecular weight excluding hydrogens is 320 g/mol. The van der Waals surface area contributed by atoms with Crippen LogP contribution in [0.25, 0.3) is 0 Å². The van der Waals surface area contributed by atoms with Crippen LogP contribution in [0.2, 0.25) is 0 Å². The summed E-state index contributed by atoms with van der Waals surface area (Å²) in [6.07, 6.45) is 6.90. The molecular formula is C22H34N4+4. The van der Waals surface area contributed by atoms with Gasteiger partial charge in [0, 0.05) is 36.1 Å². The van der Waals surface area contributed by atoms with Crippen LogP contribution in [-0.4, -0.2) is 45.3 Å². The molecule has 2 aromatic rings. The fourth-order valence-electron chi connectivity index (χ4n) is 4.83. The maximum absolute atomic E-state index is 3.12. The molecule has 3 heterocycles. The van der Waals surface area contributed by atoms with Crippen LogP contribution in [0.4, 0.5) is 0 Å². The Morgan fingerprint density at radius 2 is 1.27 bits per heavy atom. The molecule has 0 bridgehead atoms. The van der Waals surface area contributed by atoms with Crippen molar-refractivity contribution in [1.29, 1.82) is 0 Å². The van der Waals surface area contributed by atoms with E-state index in [4.69, 9.17) is 0 Å². The van der Waals surface area contributed by atoms with Gasteiger partial charge in [0.2, 0.25) is 0 Å². The number of hydrogen-bond donors (Lipinski definition) is 3. The zero-order valence-electron chi connectivity index (χ0n) is 15.8. The van der Waals surface area contributed by atoms with E-state index in [0.717, 1.165) is 6.04 Å². The number of pyridine rings is 1. The topological polar surface area (TPSA) is 27.5 Å². The quantitative estimate of drug-likeness (QED) is 0.556. The van der Waals surface area contributed by atoms with Crippen LogP contribution in [0.15, 0.2) is 54.9 Å². The Hall–Kier alpha value is -1.75. The summed E-state index contributed by atoms with van der Waals surface area (Å²) >= 11 is 0. The van der Waals surface area contributed by atoms with Crippen molar-refractivity contribution in [3.63, 3.8) is 0 Å². The second-order valence-corrected chi connectivity index (χ2v) is 8.18. The molecule has 4 rings (SSSR count). The van der Waals surface area contributed by atoms with Crippen molar-refractivity contribution in [1.82, 2.24) is 0 Å². The van der Waals surface area contributed by atoms with E-state index in [1.54, 1.807) is 9.80 Å². The lowest BCUT2D eigenvalue weighted by Gasteiger charge is -2.37. The van der Waals surface area contributed by atoms with Crippen LogP contribution in [0.1, 0.15) is 24.0 Å². The van der Waals surface area contributed by atoms with Crippen LogP contribution in [0, 0.1) is 0 Å². The van der Waals surface area contributed by atoms with Gasteiger partial charge in [-0.15, -0.1) is 0 Å². The lowest BCUT2D eigenvalue weighted by molar-refractivity contribution is -1.04. The summed E-state index contributed by atoms with van der Waals surface area (Å²) < 4.78 is 0. The summed E-state index contributed by atoms with van der Waals surface area (Å²) in [6, 6.07) is 16.3. The number of likely N-dealkylation sites (tertiary alicyclic amines) is 1. The van der Waals surface area contributed by atoms with Crippen molar-refractivity contribution in [2.24, 2.45) is 0 Å². The number of piperazine rings is 1. The van der Waals surface area contributed by atoms with E-state index in [1.807, 2.05) is 17.3 Å². The van der Waals surface area contributed by atoms with E-state index in [2.05, 4.69) is 47.4 Å². The second-order valence-electron chi connectivity index (χ2n) is 8.18. The number of nitrogens with one attached hydrogen (secondary N) is 4. The van der Waals surface area contributed by atoms with Gasteiger partial charge >= 0.3 is 0 Å². The van der Waals surface area contributed by atoms with Gasteiger partial charge in [-0.3, -0.25) is 0 Å². The number of aromatic nitrogens is 1. The molecule has 138 valence electrons. The van der Waals surface area contributed by atoms with Crippen molar-refractivity contribution in [2.75, 3.05) is 39.3 Å². The molecule has 1 aromatic carbocycles. The Balaban J connectivity index is 1.20. The molecule has 0 spiro atoms. The molecule has 4 heteroatoms. The third-order valence-corrected chi connectivity index (χ3v) is 6.41. The Morgan fingerprint density at radius 1 is 0.692 bits per heavy atom. The highest BCUT2D eigenvalue weighted by molar-refractivity contribution is 5.13. The third-order valence-electron chi connectivity index (χ3n) is 6.41. The first-order valence-electron chi connectivity index (χ1n) is 10.4. The SMILES string of the molecule is c1ccc(C[NH+]2CCC([NH+]3CC[NH+](Cc4cc[nH+]cc4)CC3)CC2)cc1. The average molecular weight is 355 g/mol. The van der Waals surface area contributed by atoms with Crippen LogP contribution in [-0.2, 0) is 13.1 Å². The van der Waals surface area contributed by atoms with E-state index in [1.165, 1.54) is 76.3 Å². The van der Waals surface area contributed by atoms with Crippen LogP contribution < -0.4 is 19.7 Å². The molecule has 0 atom stereocenters. The highest BCUT2D eigenvalue weighted by Crippen LogP contribution is 2.00. The van der Waals surface area contributed by atoms with Gasteiger partial charge in [-0.1, -0.05) is 30.3 Å². The molecule has 0 aliphatic carbocycles. The molecule has 1 aromatic heterocycles. The molecule has 4 N–H and O–H groups in total. The molecule has 0 saturated carbocycles. The number of hydrogen-bond acceptors (Lipinski definition) is 0. The molecule has 2 fully saturated rings. The standard InChI is InChI=1S/C22H30N4/c1-2-4-20(5-3-1)18-24-12-8-22(9-13-24)26-16-14-25(15-17-26)19-21-6-10-23-11-7-21/h1-7,10-11,22H,8-9,12-19H2/p+4. The molecule has 4 nitrogen and oxygen atoms in total. The molecule has 2 saturated heterocycles. The minimum Gasteiger partial charge on any atom is -0.331 e. The van der Waals surface area contributed by atoms with Crippen molar-refractivity contribution >= 4 is 0 Å². The lowest BCUT2D eigenvalue weighted by Crippen LogP contribution is -3.30. The molecule has 2 aliphatic rings. The maximum Gasteiger partial charge on any atom is 0.167 e. The van der Waals surface area contributed by atoms with Crippen molar-refractivity contribution in [2.45, 2.75) is 32.0 Å². The van der Waals surface area contributed by atoms with Crippen LogP contribution in [0.3, 0.4) is 0 Å². The van der Waals surface area contributed by atoms with Gasteiger partial charge in [-0.25, -0.2) is 4.98 Å². The number of piperidine rings is 1. The van der Waals surface area contributed by atoms with Crippen molar-refractivity contribution < 1.29 is 19.7 Å². The zero-order valence-corrected chi connectivity index (χ0v) is 15.8. The first-order valence-corrected chi connectivity index (χ1v) is 10.4. The van der Waals surface area contributed by atoms with E-state index >= 15 is 0 Å². The summed E-state index contributed by atoms with van der Waals surface area (Å²) in [5.41, 5.74) is 2.95. The predicted octanol–water partition coefficient (Wildman–Crippen LogP) is -1.97. The van der Waals surface area contributed by atoms with E-state index in [9.17, 15) is 0 Å². The predicted molar refractivity (Wildman–Crippen MR) is 102 cm³/mol. The Kier molecular flexibility index (Phi) is 5.95. The summed E-state index contributed by atoms with van der Waals surface area (Å²) in [4.78, 5) is 8.54. The van der Waals surface area contributed by atoms with Gasteiger partial charge < -0.3 is 14.7 Å². The average Bonchev–Trinajstić information content (AvgIpc) is 2.71. The van der Waals surface area contributed by atoms with Gasteiger partial charge in [0.15, 0.2) is 12.4 Å². The molecule has 2 aliphatic heterocycles. The minimum absolute atomic E-state index is 0.905. The second kappa shape index (κ2) is 8.76. The highest BCUT2D eigenvalue weighted by atomic mass is 15.3. The van der Waals surface area contributed by atoms with Gasteiger partial charge in [0.25, 0.3) is 0 Å². The van der Waals surface area contributed by atoms with E-state index < -0.39 is 0 Å². The normalized spacial score (nSPS) is 29.4. The monoisotopic (exact) mass is 354 g/mol.